The molecule has 0 rings (SSSR count). The molecule has 0 amide bonds. The maximum Gasteiger partial charge on any atom is 0.188 e. The van der Waals surface area contributed by atoms with Gasteiger partial charge in [0.15, 0.2) is 5.96 Å². The van der Waals surface area contributed by atoms with Crippen LogP contribution < -0.4 is 11.5 Å². The van der Waals surface area contributed by atoms with Crippen LogP contribution in [0.3, 0.4) is 0 Å². The van der Waals surface area contributed by atoms with Crippen LogP contribution in [0.15, 0.2) is 4.99 Å². The monoisotopic (exact) mass is 173 g/mol. The average molecular weight is 173 g/mol. The van der Waals surface area contributed by atoms with Crippen LogP contribution in [-0.2, 0) is 9.53 Å². The van der Waals surface area contributed by atoms with Crippen LogP contribution in [0, 0.1) is 0 Å². The number of hydrogen-bond acceptors (Lipinski definition) is 3. The Morgan fingerprint density at radius 1 is 1.67 bits per heavy atom. The quantitative estimate of drug-likeness (QED) is 0.325. The van der Waals surface area contributed by atoms with Gasteiger partial charge in [0.1, 0.15) is 13.0 Å². The number of rotatable bonds is 6. The van der Waals surface area contributed by atoms with Crippen LogP contribution in [-0.4, -0.2) is 25.1 Å². The van der Waals surface area contributed by atoms with Crippen molar-refractivity contribution in [2.45, 2.75) is 25.9 Å². The fourth-order valence-electron chi connectivity index (χ4n) is 0.625. The van der Waals surface area contributed by atoms with E-state index in [1.807, 2.05) is 6.92 Å². The second-order valence-electron chi connectivity index (χ2n) is 2.43. The van der Waals surface area contributed by atoms with Crippen molar-refractivity contribution in [1.82, 2.24) is 0 Å². The van der Waals surface area contributed by atoms with Gasteiger partial charge in [0, 0.05) is 6.42 Å². The third-order valence-corrected chi connectivity index (χ3v) is 1.30. The van der Waals surface area contributed by atoms with E-state index < -0.39 is 0 Å². The Bertz CT molecular complexity index is 155. The van der Waals surface area contributed by atoms with Gasteiger partial charge < -0.3 is 21.0 Å². The minimum atomic E-state index is 0.0117. The first-order valence-electron chi connectivity index (χ1n) is 3.77. The molecule has 0 saturated heterocycles. The Morgan fingerprint density at radius 3 is 2.83 bits per heavy atom. The number of aliphatic imine (C=N–C) groups is 1. The molecule has 0 radical (unpaired) electrons. The molecule has 0 aromatic rings. The number of carbonyl (C=O) groups is 1. The number of ether oxygens (including phenoxy) is 1. The van der Waals surface area contributed by atoms with Gasteiger partial charge in [-0.3, -0.25) is 0 Å². The largest absolute Gasteiger partial charge is 0.370 e. The summed E-state index contributed by atoms with van der Waals surface area (Å²) in [5.74, 6) is 0.0117. The molecule has 5 nitrogen and oxygen atoms in total. The molecule has 1 unspecified atom stereocenters. The maximum absolute atomic E-state index is 9.97. The molecule has 0 spiro atoms. The van der Waals surface area contributed by atoms with E-state index in [9.17, 15) is 4.79 Å². The molecular weight excluding hydrogens is 158 g/mol. The first-order valence-corrected chi connectivity index (χ1v) is 3.77. The standard InChI is InChI=1S/C7H15N3O2/c1-6(3-2-4-11)12-5-10-7(8)9/h4,6H,2-3,5H2,1H3,(H4,8,9,10). The van der Waals surface area contributed by atoms with Crippen LogP contribution in [0.1, 0.15) is 19.8 Å². The predicted octanol–water partition coefficient (Wildman–Crippen LogP) is -0.398. The number of nitrogens with zero attached hydrogens (tertiary/aromatic N) is 1. The van der Waals surface area contributed by atoms with Crippen LogP contribution in [0.5, 0.6) is 0 Å². The highest BCUT2D eigenvalue weighted by atomic mass is 16.5. The lowest BCUT2D eigenvalue weighted by molar-refractivity contribution is -0.108. The van der Waals surface area contributed by atoms with Crippen molar-refractivity contribution in [3.63, 3.8) is 0 Å². The third-order valence-electron chi connectivity index (χ3n) is 1.30. The van der Waals surface area contributed by atoms with Gasteiger partial charge in [0.25, 0.3) is 0 Å². The van der Waals surface area contributed by atoms with Crippen LogP contribution in [0.25, 0.3) is 0 Å². The van der Waals surface area contributed by atoms with Gasteiger partial charge in [-0.2, -0.15) is 0 Å². The SMILES string of the molecule is CC(CCC=O)OCN=C(N)N. The summed E-state index contributed by atoms with van der Waals surface area (Å²) in [5.41, 5.74) is 10.1. The minimum Gasteiger partial charge on any atom is -0.370 e. The summed E-state index contributed by atoms with van der Waals surface area (Å²) in [5, 5.41) is 0. The van der Waals surface area contributed by atoms with Crippen molar-refractivity contribution in [2.24, 2.45) is 16.5 Å². The van der Waals surface area contributed by atoms with Crippen LogP contribution >= 0.6 is 0 Å². The smallest absolute Gasteiger partial charge is 0.188 e. The molecule has 0 saturated carbocycles. The van der Waals surface area contributed by atoms with Crippen LogP contribution in [0.2, 0.25) is 0 Å². The molecule has 0 aliphatic rings. The summed E-state index contributed by atoms with van der Waals surface area (Å²) in [7, 11) is 0. The highest BCUT2D eigenvalue weighted by molar-refractivity contribution is 5.75. The van der Waals surface area contributed by atoms with E-state index in [1.165, 1.54) is 0 Å². The summed E-state index contributed by atoms with van der Waals surface area (Å²) >= 11 is 0. The maximum atomic E-state index is 9.97. The number of guanidine groups is 1. The second-order valence-corrected chi connectivity index (χ2v) is 2.43. The van der Waals surface area contributed by atoms with Gasteiger partial charge in [-0.25, -0.2) is 4.99 Å². The zero-order chi connectivity index (χ0) is 9.40. The number of carbonyl (C=O) groups excluding carboxylic acids is 1. The zero-order valence-corrected chi connectivity index (χ0v) is 7.19. The van der Waals surface area contributed by atoms with Crippen molar-refractivity contribution in [3.8, 4) is 0 Å². The van der Waals surface area contributed by atoms with E-state index in [4.69, 9.17) is 16.2 Å². The summed E-state index contributed by atoms with van der Waals surface area (Å²) in [6.07, 6.45) is 2.07. The van der Waals surface area contributed by atoms with Gasteiger partial charge >= 0.3 is 0 Å². The minimum absolute atomic E-state index is 0.0117. The Kier molecular flexibility index (Phi) is 6.00. The Balaban J connectivity index is 3.37. The number of hydrogen-bond donors (Lipinski definition) is 2. The summed E-state index contributed by atoms with van der Waals surface area (Å²) in [6.45, 7) is 2.02. The highest BCUT2D eigenvalue weighted by Gasteiger charge is 1.99. The summed E-state index contributed by atoms with van der Waals surface area (Å²) in [6, 6.07) is 0. The third kappa shape index (κ3) is 7.01. The lowest BCUT2D eigenvalue weighted by atomic mass is 10.2. The van der Waals surface area contributed by atoms with Crippen molar-refractivity contribution in [2.75, 3.05) is 6.73 Å². The van der Waals surface area contributed by atoms with E-state index in [1.54, 1.807) is 0 Å². The number of nitrogens with two attached hydrogens (primary N) is 2. The molecule has 0 bridgehead atoms. The molecule has 70 valence electrons. The predicted molar refractivity (Wildman–Crippen MR) is 46.5 cm³/mol. The fourth-order valence-corrected chi connectivity index (χ4v) is 0.625. The van der Waals surface area contributed by atoms with Gasteiger partial charge in [-0.05, 0) is 13.3 Å². The molecule has 0 fully saturated rings. The van der Waals surface area contributed by atoms with Gasteiger partial charge in [-0.1, -0.05) is 0 Å². The van der Waals surface area contributed by atoms with E-state index in [0.29, 0.717) is 12.8 Å². The Labute approximate surface area is 71.8 Å². The van der Waals surface area contributed by atoms with Gasteiger partial charge in [-0.15, -0.1) is 0 Å². The van der Waals surface area contributed by atoms with Crippen molar-refractivity contribution in [1.29, 1.82) is 0 Å². The Morgan fingerprint density at radius 2 is 2.33 bits per heavy atom. The lowest BCUT2D eigenvalue weighted by Gasteiger charge is -2.08. The van der Waals surface area contributed by atoms with E-state index >= 15 is 0 Å². The summed E-state index contributed by atoms with van der Waals surface area (Å²) < 4.78 is 5.15. The molecule has 4 N–H and O–H groups in total. The first kappa shape index (κ1) is 10.9. The van der Waals surface area contributed by atoms with Crippen molar-refractivity contribution < 1.29 is 9.53 Å². The molecule has 0 aliphatic heterocycles. The molecular formula is C7H15N3O2. The van der Waals surface area contributed by atoms with E-state index in [0.717, 1.165) is 6.29 Å². The molecule has 0 aliphatic carbocycles. The number of aldehydes is 1. The highest BCUT2D eigenvalue weighted by Crippen LogP contribution is 1.98. The zero-order valence-electron chi connectivity index (χ0n) is 7.19. The second kappa shape index (κ2) is 6.60. The molecule has 0 heterocycles. The molecule has 0 aromatic carbocycles. The van der Waals surface area contributed by atoms with Gasteiger partial charge in [0.2, 0.25) is 0 Å². The van der Waals surface area contributed by atoms with E-state index in [-0.39, 0.29) is 18.8 Å². The lowest BCUT2D eigenvalue weighted by Crippen LogP contribution is -2.23. The average Bonchev–Trinajstić information content (AvgIpc) is 2.00. The summed E-state index contributed by atoms with van der Waals surface area (Å²) in [4.78, 5) is 13.6. The molecule has 5 heteroatoms. The Hall–Kier alpha value is -1.10. The molecule has 12 heavy (non-hydrogen) atoms. The van der Waals surface area contributed by atoms with Crippen LogP contribution in [0.4, 0.5) is 0 Å². The normalized spacial score (nSPS) is 12.1. The topological polar surface area (TPSA) is 90.7 Å². The molecule has 0 aromatic heterocycles. The fraction of sp³-hybridized carbons (Fsp3) is 0.714. The van der Waals surface area contributed by atoms with Crippen molar-refractivity contribution >= 4 is 12.2 Å². The molecule has 1 atom stereocenters. The van der Waals surface area contributed by atoms with Gasteiger partial charge in [0.05, 0.1) is 6.10 Å². The van der Waals surface area contributed by atoms with E-state index in [2.05, 4.69) is 4.99 Å². The van der Waals surface area contributed by atoms with Crippen molar-refractivity contribution in [3.05, 3.63) is 0 Å². The first-order chi connectivity index (χ1) is 5.66.